The third kappa shape index (κ3) is 30.9. The smallest absolute Gasteiger partial charge is 0.219 e. The Bertz CT molecular complexity index is 420. The van der Waals surface area contributed by atoms with Crippen molar-refractivity contribution in [2.75, 3.05) is 26.2 Å². The molecule has 1 amide bonds. The molecule has 0 saturated carbocycles. The van der Waals surface area contributed by atoms with E-state index >= 15 is 0 Å². The normalized spacial score (nSPS) is 11.7. The number of aliphatic hydroxyl groups excluding tert-OH is 1. The summed E-state index contributed by atoms with van der Waals surface area (Å²) >= 11 is 0. The van der Waals surface area contributed by atoms with E-state index in [1.807, 2.05) is 0 Å². The molecule has 0 bridgehead atoms. The quantitative estimate of drug-likeness (QED) is 0.211. The van der Waals surface area contributed by atoms with Crippen LogP contribution in [0.1, 0.15) is 130 Å². The lowest BCUT2D eigenvalue weighted by Gasteiger charge is -2.19. The van der Waals surface area contributed by atoms with Crippen molar-refractivity contribution in [1.29, 1.82) is 0 Å². The lowest BCUT2D eigenvalue weighted by atomic mass is 10.0. The molecule has 3 N–H and O–H groups in total. The fourth-order valence-electron chi connectivity index (χ4n) is 3.86. The lowest BCUT2D eigenvalue weighted by molar-refractivity contribution is -0.900. The van der Waals surface area contributed by atoms with Gasteiger partial charge in [-0.05, 0) is 39.0 Å². The van der Waals surface area contributed by atoms with Gasteiger partial charge in [-0.2, -0.15) is 0 Å². The maximum Gasteiger partial charge on any atom is 0.219 e. The molecular weight excluding hydrogens is 416 g/mol. The van der Waals surface area contributed by atoms with Crippen molar-refractivity contribution in [3.8, 4) is 0 Å². The number of aliphatic carboxylic acids is 1. The van der Waals surface area contributed by atoms with Gasteiger partial charge in [0.2, 0.25) is 5.91 Å². The summed E-state index contributed by atoms with van der Waals surface area (Å²) in [4.78, 5) is 22.6. The maximum absolute atomic E-state index is 12.0. The number of carboxylic acid groups (broad SMARTS) is 1. The Morgan fingerprint density at radius 2 is 1.21 bits per heavy atom. The zero-order chi connectivity index (χ0) is 25.2. The molecule has 1 atom stereocenters. The Hall–Kier alpha value is -1.14. The second kappa shape index (κ2) is 27.1. The maximum atomic E-state index is 12.0. The Kier molecular flexibility index (Phi) is 28.0. The summed E-state index contributed by atoms with van der Waals surface area (Å²) in [6.07, 6.45) is 17.9. The Labute approximate surface area is 204 Å². The van der Waals surface area contributed by atoms with E-state index in [0.29, 0.717) is 6.42 Å². The Morgan fingerprint density at radius 1 is 0.758 bits per heavy atom. The molecule has 0 aromatic carbocycles. The first-order chi connectivity index (χ1) is 15.9. The standard InChI is InChI=1S/C25H52N2O2.C2H4O2/c1-4-7-10-11-12-13-14-17-24(28)18-15-19-25(29)26-20-16-23-27(21-8-5-2)22-9-6-3;1-2(3)4/h24,28H,4-23H2,1-3H3,(H,26,29);1H3,(H,3,4). The average Bonchev–Trinajstić information content (AvgIpc) is 2.77. The molecular formula is C27H56N2O4. The number of unbranched alkanes of at least 4 members (excludes halogenated alkanes) is 8. The number of amides is 1. The van der Waals surface area contributed by atoms with Gasteiger partial charge in [0.1, 0.15) is 0 Å². The molecule has 0 aromatic rings. The highest BCUT2D eigenvalue weighted by Gasteiger charge is 2.09. The molecule has 0 rings (SSSR count). The second-order valence-electron chi connectivity index (χ2n) is 9.36. The predicted octanol–water partition coefficient (Wildman–Crippen LogP) is 3.41. The Balaban J connectivity index is 0. The molecule has 198 valence electrons. The summed E-state index contributed by atoms with van der Waals surface area (Å²) in [6, 6.07) is 0. The number of nitrogens with one attached hydrogen (secondary N) is 2. The monoisotopic (exact) mass is 472 g/mol. The number of rotatable bonds is 22. The van der Waals surface area contributed by atoms with Crippen molar-refractivity contribution in [2.24, 2.45) is 0 Å². The highest BCUT2D eigenvalue weighted by atomic mass is 16.4. The van der Waals surface area contributed by atoms with E-state index in [-0.39, 0.29) is 12.0 Å². The van der Waals surface area contributed by atoms with Gasteiger partial charge in [0.15, 0.2) is 0 Å². The van der Waals surface area contributed by atoms with Crippen LogP contribution in [0.4, 0.5) is 0 Å². The molecule has 0 heterocycles. The number of aliphatic hydroxyl groups is 1. The molecule has 0 aliphatic rings. The number of carboxylic acids is 1. The molecule has 33 heavy (non-hydrogen) atoms. The summed E-state index contributed by atoms with van der Waals surface area (Å²) < 4.78 is 0. The van der Waals surface area contributed by atoms with Crippen LogP contribution in [0.25, 0.3) is 0 Å². The zero-order valence-corrected chi connectivity index (χ0v) is 22.4. The van der Waals surface area contributed by atoms with Crippen molar-refractivity contribution < 1.29 is 24.7 Å². The van der Waals surface area contributed by atoms with Gasteiger partial charge in [-0.15, -0.1) is 0 Å². The van der Waals surface area contributed by atoms with Gasteiger partial charge < -0.3 is 25.2 Å². The Morgan fingerprint density at radius 3 is 1.76 bits per heavy atom. The molecule has 0 spiro atoms. The third-order valence-corrected chi connectivity index (χ3v) is 5.88. The van der Waals surface area contributed by atoms with Gasteiger partial charge in [0.25, 0.3) is 0 Å². The van der Waals surface area contributed by atoms with Crippen molar-refractivity contribution in [2.45, 2.75) is 137 Å². The highest BCUT2D eigenvalue weighted by Crippen LogP contribution is 2.12. The van der Waals surface area contributed by atoms with E-state index in [1.165, 1.54) is 77.3 Å². The van der Waals surface area contributed by atoms with Crippen LogP contribution in [0, 0.1) is 0 Å². The van der Waals surface area contributed by atoms with Crippen LogP contribution in [0.2, 0.25) is 0 Å². The highest BCUT2D eigenvalue weighted by molar-refractivity contribution is 5.75. The van der Waals surface area contributed by atoms with Crippen molar-refractivity contribution >= 4 is 11.9 Å². The molecule has 0 fully saturated rings. The minimum atomic E-state index is -1.08. The van der Waals surface area contributed by atoms with Crippen molar-refractivity contribution in [1.82, 2.24) is 5.32 Å². The predicted molar refractivity (Wildman–Crippen MR) is 136 cm³/mol. The molecule has 6 heteroatoms. The number of carbonyl (C=O) groups is 2. The number of carbonyl (C=O) groups excluding carboxylic acids is 2. The number of hydrogen-bond donors (Lipinski definition) is 3. The summed E-state index contributed by atoms with van der Waals surface area (Å²) in [5.41, 5.74) is 0. The van der Waals surface area contributed by atoms with E-state index in [1.54, 1.807) is 4.90 Å². The van der Waals surface area contributed by atoms with Gasteiger partial charge >= 0.3 is 0 Å². The average molecular weight is 473 g/mol. The van der Waals surface area contributed by atoms with Crippen LogP contribution in [0.15, 0.2) is 0 Å². The van der Waals surface area contributed by atoms with Gasteiger partial charge in [-0.1, -0.05) is 78.6 Å². The fraction of sp³-hybridized carbons (Fsp3) is 0.926. The van der Waals surface area contributed by atoms with Crippen LogP contribution < -0.4 is 15.3 Å². The molecule has 6 nitrogen and oxygen atoms in total. The first-order valence-corrected chi connectivity index (χ1v) is 13.8. The van der Waals surface area contributed by atoms with E-state index < -0.39 is 5.97 Å². The van der Waals surface area contributed by atoms with Gasteiger partial charge in [0, 0.05) is 25.4 Å². The molecule has 0 aliphatic carbocycles. The second-order valence-corrected chi connectivity index (χ2v) is 9.36. The molecule has 1 unspecified atom stereocenters. The van der Waals surface area contributed by atoms with E-state index in [0.717, 1.165) is 52.1 Å². The molecule has 0 radical (unpaired) electrons. The third-order valence-electron chi connectivity index (χ3n) is 5.88. The van der Waals surface area contributed by atoms with E-state index in [4.69, 9.17) is 9.90 Å². The largest absolute Gasteiger partial charge is 0.550 e. The number of quaternary nitrogens is 1. The van der Waals surface area contributed by atoms with Crippen LogP contribution in [0.5, 0.6) is 0 Å². The summed E-state index contributed by atoms with van der Waals surface area (Å²) in [5.74, 6) is -0.934. The van der Waals surface area contributed by atoms with E-state index in [2.05, 4.69) is 26.1 Å². The van der Waals surface area contributed by atoms with Crippen LogP contribution in [0.3, 0.4) is 0 Å². The lowest BCUT2D eigenvalue weighted by Crippen LogP contribution is -3.12. The first-order valence-electron chi connectivity index (χ1n) is 13.8. The first kappa shape index (κ1) is 34.0. The fourth-order valence-corrected chi connectivity index (χ4v) is 3.86. The number of hydrogen-bond acceptors (Lipinski definition) is 4. The zero-order valence-electron chi connectivity index (χ0n) is 22.4. The van der Waals surface area contributed by atoms with Gasteiger partial charge in [-0.3, -0.25) is 4.79 Å². The van der Waals surface area contributed by atoms with E-state index in [9.17, 15) is 9.90 Å². The summed E-state index contributed by atoms with van der Waals surface area (Å²) in [7, 11) is 0. The minimum absolute atomic E-state index is 0.150. The van der Waals surface area contributed by atoms with Gasteiger partial charge in [-0.25, -0.2) is 0 Å². The van der Waals surface area contributed by atoms with Crippen molar-refractivity contribution in [3.05, 3.63) is 0 Å². The van der Waals surface area contributed by atoms with Crippen molar-refractivity contribution in [3.63, 3.8) is 0 Å². The molecule has 0 aromatic heterocycles. The summed E-state index contributed by atoms with van der Waals surface area (Å²) in [5, 5.41) is 22.0. The van der Waals surface area contributed by atoms with Crippen LogP contribution in [-0.4, -0.2) is 49.3 Å². The van der Waals surface area contributed by atoms with Gasteiger partial charge in [0.05, 0.1) is 25.7 Å². The SMILES string of the molecule is CC(=O)[O-].CCCCCCCCCC(O)CCCC(=O)NCCC[NH+](CCCC)CCCC. The van der Waals surface area contributed by atoms with Crippen LogP contribution >= 0.6 is 0 Å². The topological polar surface area (TPSA) is 93.9 Å². The molecule has 0 saturated heterocycles. The van der Waals surface area contributed by atoms with Crippen LogP contribution in [-0.2, 0) is 9.59 Å². The minimum Gasteiger partial charge on any atom is -0.550 e. The molecule has 0 aliphatic heterocycles. The summed E-state index contributed by atoms with van der Waals surface area (Å²) in [6.45, 7) is 12.2.